The Morgan fingerprint density at radius 3 is 1.44 bits per heavy atom. The van der Waals surface area contributed by atoms with Gasteiger partial charge in [0.05, 0.1) is 37.2 Å². The molecule has 0 spiro atoms. The summed E-state index contributed by atoms with van der Waals surface area (Å²) in [5.41, 5.74) is 0.945. The SMILES string of the molecule is CCOC(=O)CCNC(=O)c1ccccc1SSc1ccccc1C(=O)NCCC(=O)OCC. The molecular formula is C24H28N2O6S2. The highest BCUT2D eigenvalue weighted by molar-refractivity contribution is 8.76. The molecule has 10 heteroatoms. The highest BCUT2D eigenvalue weighted by Gasteiger charge is 2.16. The first kappa shape index (κ1) is 27.3. The van der Waals surface area contributed by atoms with Gasteiger partial charge in [-0.1, -0.05) is 45.9 Å². The van der Waals surface area contributed by atoms with Crippen molar-refractivity contribution in [3.05, 3.63) is 59.7 Å². The lowest BCUT2D eigenvalue weighted by atomic mass is 10.2. The van der Waals surface area contributed by atoms with Gasteiger partial charge in [-0.05, 0) is 38.1 Å². The fourth-order valence-electron chi connectivity index (χ4n) is 2.76. The van der Waals surface area contributed by atoms with Crippen LogP contribution in [0.3, 0.4) is 0 Å². The molecule has 0 saturated carbocycles. The van der Waals surface area contributed by atoms with E-state index in [-0.39, 0.29) is 49.7 Å². The van der Waals surface area contributed by atoms with Crippen LogP contribution in [0.5, 0.6) is 0 Å². The summed E-state index contributed by atoms with van der Waals surface area (Å²) in [5.74, 6) is -1.31. The summed E-state index contributed by atoms with van der Waals surface area (Å²) in [6.07, 6.45) is 0.199. The fraction of sp³-hybridized carbons (Fsp3) is 0.333. The molecule has 2 amide bonds. The zero-order chi connectivity index (χ0) is 24.8. The molecule has 0 aliphatic heterocycles. The predicted octanol–water partition coefficient (Wildman–Crippen LogP) is 3.85. The zero-order valence-electron chi connectivity index (χ0n) is 19.1. The van der Waals surface area contributed by atoms with Crippen molar-refractivity contribution < 1.29 is 28.7 Å². The van der Waals surface area contributed by atoms with Gasteiger partial charge in [-0.25, -0.2) is 0 Å². The van der Waals surface area contributed by atoms with Crippen LogP contribution < -0.4 is 10.6 Å². The van der Waals surface area contributed by atoms with Crippen molar-refractivity contribution in [1.82, 2.24) is 10.6 Å². The molecule has 182 valence electrons. The number of esters is 2. The van der Waals surface area contributed by atoms with Crippen LogP contribution in [0.25, 0.3) is 0 Å². The summed E-state index contributed by atoms with van der Waals surface area (Å²) in [6, 6.07) is 14.2. The van der Waals surface area contributed by atoms with Gasteiger partial charge < -0.3 is 20.1 Å². The minimum Gasteiger partial charge on any atom is -0.466 e. The van der Waals surface area contributed by atoms with E-state index in [1.54, 1.807) is 38.1 Å². The van der Waals surface area contributed by atoms with E-state index in [4.69, 9.17) is 9.47 Å². The fourth-order valence-corrected chi connectivity index (χ4v) is 5.12. The number of benzene rings is 2. The van der Waals surface area contributed by atoms with Crippen LogP contribution in [0.4, 0.5) is 0 Å². The first-order valence-corrected chi connectivity index (χ1v) is 13.0. The molecule has 0 atom stereocenters. The molecule has 0 heterocycles. The molecule has 2 aromatic rings. The van der Waals surface area contributed by atoms with Crippen LogP contribution in [0.15, 0.2) is 58.3 Å². The van der Waals surface area contributed by atoms with E-state index in [1.165, 1.54) is 21.6 Å². The number of nitrogens with one attached hydrogen (secondary N) is 2. The molecule has 2 aromatic carbocycles. The van der Waals surface area contributed by atoms with E-state index >= 15 is 0 Å². The number of amides is 2. The summed E-state index contributed by atoms with van der Waals surface area (Å²) < 4.78 is 9.73. The molecule has 0 unspecified atom stereocenters. The zero-order valence-corrected chi connectivity index (χ0v) is 20.8. The summed E-state index contributed by atoms with van der Waals surface area (Å²) in [6.45, 7) is 4.42. The summed E-state index contributed by atoms with van der Waals surface area (Å²) in [7, 11) is 2.71. The van der Waals surface area contributed by atoms with Gasteiger partial charge in [0, 0.05) is 22.9 Å². The molecule has 0 bridgehead atoms. The normalized spacial score (nSPS) is 10.3. The highest BCUT2D eigenvalue weighted by Crippen LogP contribution is 2.40. The molecule has 0 radical (unpaired) electrons. The molecule has 0 aliphatic carbocycles. The Morgan fingerprint density at radius 2 is 1.06 bits per heavy atom. The van der Waals surface area contributed by atoms with Gasteiger partial charge in [0.25, 0.3) is 11.8 Å². The van der Waals surface area contributed by atoms with Crippen molar-refractivity contribution in [2.45, 2.75) is 36.5 Å². The first-order chi connectivity index (χ1) is 16.5. The second-order valence-corrected chi connectivity index (χ2v) is 8.99. The van der Waals surface area contributed by atoms with Crippen molar-refractivity contribution in [3.63, 3.8) is 0 Å². The van der Waals surface area contributed by atoms with Crippen LogP contribution in [0.2, 0.25) is 0 Å². The van der Waals surface area contributed by atoms with E-state index < -0.39 is 0 Å². The Balaban J connectivity index is 1.98. The Bertz CT molecular complexity index is 919. The maximum absolute atomic E-state index is 12.6. The Labute approximate surface area is 206 Å². The lowest BCUT2D eigenvalue weighted by Crippen LogP contribution is -2.27. The predicted molar refractivity (Wildman–Crippen MR) is 132 cm³/mol. The molecule has 34 heavy (non-hydrogen) atoms. The van der Waals surface area contributed by atoms with E-state index in [0.717, 1.165) is 9.79 Å². The largest absolute Gasteiger partial charge is 0.466 e. The second kappa shape index (κ2) is 15.0. The number of carbonyl (C=O) groups excluding carboxylic acids is 4. The van der Waals surface area contributed by atoms with Crippen molar-refractivity contribution >= 4 is 45.3 Å². The highest BCUT2D eigenvalue weighted by atomic mass is 33.1. The molecule has 2 N–H and O–H groups in total. The first-order valence-electron chi connectivity index (χ1n) is 10.9. The Kier molecular flexibility index (Phi) is 12.0. The van der Waals surface area contributed by atoms with Crippen molar-refractivity contribution in [2.75, 3.05) is 26.3 Å². The van der Waals surface area contributed by atoms with Crippen LogP contribution >= 0.6 is 21.6 Å². The van der Waals surface area contributed by atoms with Crippen LogP contribution in [-0.2, 0) is 19.1 Å². The molecule has 2 rings (SSSR count). The van der Waals surface area contributed by atoms with Gasteiger partial charge in [0.15, 0.2) is 0 Å². The Morgan fingerprint density at radius 1 is 0.676 bits per heavy atom. The van der Waals surface area contributed by atoms with Crippen LogP contribution in [0, 0.1) is 0 Å². The molecule has 8 nitrogen and oxygen atoms in total. The summed E-state index contributed by atoms with van der Waals surface area (Å²) in [4.78, 5) is 49.6. The van der Waals surface area contributed by atoms with Crippen molar-refractivity contribution in [2.24, 2.45) is 0 Å². The maximum Gasteiger partial charge on any atom is 0.307 e. The number of rotatable bonds is 13. The third-order valence-electron chi connectivity index (χ3n) is 4.32. The van der Waals surface area contributed by atoms with Gasteiger partial charge in [-0.3, -0.25) is 19.2 Å². The molecule has 0 saturated heterocycles. The smallest absolute Gasteiger partial charge is 0.307 e. The number of ether oxygens (including phenoxy) is 2. The molecule has 0 aromatic heterocycles. The van der Waals surface area contributed by atoms with E-state index in [0.29, 0.717) is 24.3 Å². The second-order valence-electron chi connectivity index (χ2n) is 6.78. The third kappa shape index (κ3) is 9.11. The molecule has 0 fully saturated rings. The van der Waals surface area contributed by atoms with Gasteiger partial charge >= 0.3 is 11.9 Å². The molecule has 0 aliphatic rings. The minimum absolute atomic E-state index is 0.0995. The number of hydrogen-bond donors (Lipinski definition) is 2. The van der Waals surface area contributed by atoms with Crippen LogP contribution in [-0.4, -0.2) is 50.1 Å². The lowest BCUT2D eigenvalue weighted by Gasteiger charge is -2.11. The summed E-state index contributed by atoms with van der Waals surface area (Å²) in [5, 5.41) is 5.47. The van der Waals surface area contributed by atoms with E-state index in [9.17, 15) is 19.2 Å². The van der Waals surface area contributed by atoms with Gasteiger partial charge in [0.2, 0.25) is 0 Å². The van der Waals surface area contributed by atoms with Gasteiger partial charge in [0.1, 0.15) is 0 Å². The standard InChI is InChI=1S/C24H28N2O6S2/c1-3-31-21(27)13-15-25-23(29)17-9-5-7-11-19(17)33-34-20-12-8-6-10-18(20)24(30)26-16-14-22(28)32-4-2/h5-12H,3-4,13-16H2,1-2H3,(H,25,29)(H,26,30). The quantitative estimate of drug-likeness (QED) is 0.313. The average Bonchev–Trinajstić information content (AvgIpc) is 2.83. The van der Waals surface area contributed by atoms with Crippen molar-refractivity contribution in [1.29, 1.82) is 0 Å². The van der Waals surface area contributed by atoms with Gasteiger partial charge in [-0.15, -0.1) is 0 Å². The number of hydrogen-bond acceptors (Lipinski definition) is 8. The monoisotopic (exact) mass is 504 g/mol. The lowest BCUT2D eigenvalue weighted by molar-refractivity contribution is -0.143. The van der Waals surface area contributed by atoms with E-state index in [2.05, 4.69) is 10.6 Å². The van der Waals surface area contributed by atoms with Gasteiger partial charge in [-0.2, -0.15) is 0 Å². The third-order valence-corrected chi connectivity index (χ3v) is 6.81. The van der Waals surface area contributed by atoms with Crippen LogP contribution in [0.1, 0.15) is 47.4 Å². The molecular weight excluding hydrogens is 476 g/mol. The maximum atomic E-state index is 12.6. The topological polar surface area (TPSA) is 111 Å². The summed E-state index contributed by atoms with van der Waals surface area (Å²) >= 11 is 0. The van der Waals surface area contributed by atoms with Crippen molar-refractivity contribution in [3.8, 4) is 0 Å². The Hall–Kier alpha value is -2.98. The number of carbonyl (C=O) groups is 4. The average molecular weight is 505 g/mol. The van der Waals surface area contributed by atoms with E-state index in [1.807, 2.05) is 24.3 Å². The minimum atomic E-state index is -0.363.